The molecular weight excluding hydrogens is 208 g/mol. The Kier molecular flexibility index (Phi) is 2.78. The van der Waals surface area contributed by atoms with Gasteiger partial charge in [0.1, 0.15) is 0 Å². The molecule has 0 aliphatic heterocycles. The second-order valence-corrected chi connectivity index (χ2v) is 4.57. The number of aromatic nitrogens is 1. The highest BCUT2D eigenvalue weighted by molar-refractivity contribution is 5.42. The minimum Gasteiger partial charge on any atom is -0.380 e. The summed E-state index contributed by atoms with van der Waals surface area (Å²) >= 11 is 0. The van der Waals surface area contributed by atoms with E-state index in [1.165, 1.54) is 24.0 Å². The average Bonchev–Trinajstić information content (AvgIpc) is 3.22. The summed E-state index contributed by atoms with van der Waals surface area (Å²) in [6, 6.07) is 12.7. The molecule has 0 unspecified atom stereocenters. The van der Waals surface area contributed by atoms with Crippen molar-refractivity contribution in [3.63, 3.8) is 0 Å². The highest BCUT2D eigenvalue weighted by Crippen LogP contribution is 2.41. The number of nitrogens with one attached hydrogen (secondary N) is 1. The Bertz CT molecular complexity index is 489. The molecule has 0 saturated heterocycles. The van der Waals surface area contributed by atoms with Crippen LogP contribution in [0.3, 0.4) is 0 Å². The van der Waals surface area contributed by atoms with Gasteiger partial charge in [0, 0.05) is 18.9 Å². The van der Waals surface area contributed by atoms with Crippen LogP contribution in [0.25, 0.3) is 0 Å². The smallest absolute Gasteiger partial charge is 0.0529 e. The van der Waals surface area contributed by atoms with E-state index in [4.69, 9.17) is 0 Å². The lowest BCUT2D eigenvalue weighted by Crippen LogP contribution is -2.02. The first-order valence-corrected chi connectivity index (χ1v) is 6.15. The van der Waals surface area contributed by atoms with Crippen molar-refractivity contribution < 1.29 is 0 Å². The van der Waals surface area contributed by atoms with E-state index in [-0.39, 0.29) is 0 Å². The number of rotatable bonds is 4. The number of nitrogens with zero attached hydrogens (tertiary/aromatic N) is 1. The maximum absolute atomic E-state index is 4.10. The maximum Gasteiger partial charge on any atom is 0.0529 e. The van der Waals surface area contributed by atoms with Gasteiger partial charge in [-0.2, -0.15) is 0 Å². The third-order valence-corrected chi connectivity index (χ3v) is 3.22. The van der Waals surface area contributed by atoms with Gasteiger partial charge in [0.2, 0.25) is 0 Å². The van der Waals surface area contributed by atoms with E-state index in [9.17, 15) is 0 Å². The lowest BCUT2D eigenvalue weighted by molar-refractivity contribution is 1.03. The van der Waals surface area contributed by atoms with Crippen LogP contribution in [-0.2, 0) is 6.54 Å². The molecule has 0 bridgehead atoms. The van der Waals surface area contributed by atoms with Crippen LogP contribution in [-0.4, -0.2) is 4.98 Å². The van der Waals surface area contributed by atoms with Crippen LogP contribution in [0.15, 0.2) is 48.8 Å². The Morgan fingerprint density at radius 1 is 1.12 bits per heavy atom. The van der Waals surface area contributed by atoms with Crippen molar-refractivity contribution in [3.8, 4) is 0 Å². The zero-order valence-corrected chi connectivity index (χ0v) is 9.76. The molecule has 0 radical (unpaired) electrons. The maximum atomic E-state index is 4.10. The van der Waals surface area contributed by atoms with E-state index >= 15 is 0 Å². The Morgan fingerprint density at radius 3 is 2.76 bits per heavy atom. The third-order valence-electron chi connectivity index (χ3n) is 3.22. The first-order chi connectivity index (χ1) is 8.43. The molecule has 2 nitrogen and oxygen atoms in total. The summed E-state index contributed by atoms with van der Waals surface area (Å²) in [7, 11) is 0. The van der Waals surface area contributed by atoms with Crippen LogP contribution in [0.1, 0.15) is 29.9 Å². The number of hydrogen-bond donors (Lipinski definition) is 1. The fourth-order valence-corrected chi connectivity index (χ4v) is 2.15. The molecular formula is C15H16N2. The van der Waals surface area contributed by atoms with Crippen molar-refractivity contribution in [1.29, 1.82) is 0 Å². The molecule has 1 heterocycles. The van der Waals surface area contributed by atoms with Crippen LogP contribution in [0.2, 0.25) is 0 Å². The summed E-state index contributed by atoms with van der Waals surface area (Å²) in [5.41, 5.74) is 4.01. The lowest BCUT2D eigenvalue weighted by Gasteiger charge is -2.10. The third kappa shape index (κ3) is 2.47. The zero-order chi connectivity index (χ0) is 11.5. The number of pyridine rings is 1. The normalized spacial score (nSPS) is 14.6. The SMILES string of the molecule is c1cncc(NCc2ccccc2C2CC2)c1. The van der Waals surface area contributed by atoms with Crippen LogP contribution >= 0.6 is 0 Å². The van der Waals surface area contributed by atoms with Crippen LogP contribution < -0.4 is 5.32 Å². The quantitative estimate of drug-likeness (QED) is 0.858. The second-order valence-electron chi connectivity index (χ2n) is 4.57. The van der Waals surface area contributed by atoms with Gasteiger partial charge in [0.25, 0.3) is 0 Å². The van der Waals surface area contributed by atoms with Gasteiger partial charge in [-0.3, -0.25) is 4.98 Å². The predicted molar refractivity (Wildman–Crippen MR) is 70.0 cm³/mol. The predicted octanol–water partition coefficient (Wildman–Crippen LogP) is 3.57. The fourth-order valence-electron chi connectivity index (χ4n) is 2.15. The van der Waals surface area contributed by atoms with Crippen molar-refractivity contribution in [3.05, 3.63) is 59.9 Å². The minimum atomic E-state index is 0.807. The Balaban J connectivity index is 1.73. The van der Waals surface area contributed by atoms with E-state index in [2.05, 4.69) is 34.6 Å². The zero-order valence-electron chi connectivity index (χ0n) is 9.76. The summed E-state index contributed by atoms with van der Waals surface area (Å²) in [5, 5.41) is 3.42. The molecule has 0 amide bonds. The van der Waals surface area contributed by atoms with Crippen molar-refractivity contribution in [1.82, 2.24) is 4.98 Å². The van der Waals surface area contributed by atoms with Gasteiger partial charge in [0.05, 0.1) is 5.69 Å². The van der Waals surface area contributed by atoms with Gasteiger partial charge in [-0.25, -0.2) is 0 Å². The van der Waals surface area contributed by atoms with E-state index in [1.807, 2.05) is 18.3 Å². The molecule has 86 valence electrons. The molecule has 1 saturated carbocycles. The van der Waals surface area contributed by atoms with Crippen molar-refractivity contribution in [2.45, 2.75) is 25.3 Å². The highest BCUT2D eigenvalue weighted by Gasteiger charge is 2.25. The fraction of sp³-hybridized carbons (Fsp3) is 0.267. The summed E-state index contributed by atoms with van der Waals surface area (Å²) < 4.78 is 0. The van der Waals surface area contributed by atoms with Crippen molar-refractivity contribution in [2.24, 2.45) is 0 Å². The molecule has 1 fully saturated rings. The highest BCUT2D eigenvalue weighted by atomic mass is 14.9. The van der Waals surface area contributed by atoms with Crippen LogP contribution in [0, 0.1) is 0 Å². The molecule has 1 aliphatic rings. The second kappa shape index (κ2) is 4.58. The molecule has 1 aromatic carbocycles. The summed E-state index contributed by atoms with van der Waals surface area (Å²) in [4.78, 5) is 4.10. The molecule has 1 aliphatic carbocycles. The largest absolute Gasteiger partial charge is 0.380 e. The minimum absolute atomic E-state index is 0.807. The summed E-state index contributed by atoms with van der Waals surface area (Å²) in [6.07, 6.45) is 6.36. The molecule has 17 heavy (non-hydrogen) atoms. The van der Waals surface area contributed by atoms with E-state index in [0.717, 1.165) is 18.2 Å². The molecule has 1 aromatic heterocycles. The van der Waals surface area contributed by atoms with Crippen LogP contribution in [0.4, 0.5) is 5.69 Å². The Labute approximate surface area is 102 Å². The molecule has 2 aromatic rings. The standard InChI is InChI=1S/C15H16N2/c1-2-6-15(12-7-8-12)13(4-1)10-17-14-5-3-9-16-11-14/h1-6,9,11-12,17H,7-8,10H2. The molecule has 1 N–H and O–H groups in total. The van der Waals surface area contributed by atoms with Gasteiger partial charge in [0.15, 0.2) is 0 Å². The van der Waals surface area contributed by atoms with Gasteiger partial charge >= 0.3 is 0 Å². The monoisotopic (exact) mass is 224 g/mol. The Morgan fingerprint density at radius 2 is 2.00 bits per heavy atom. The topological polar surface area (TPSA) is 24.9 Å². The molecule has 2 heteroatoms. The lowest BCUT2D eigenvalue weighted by atomic mass is 10.0. The van der Waals surface area contributed by atoms with E-state index in [0.29, 0.717) is 0 Å². The van der Waals surface area contributed by atoms with E-state index < -0.39 is 0 Å². The van der Waals surface area contributed by atoms with E-state index in [1.54, 1.807) is 6.20 Å². The number of benzene rings is 1. The summed E-state index contributed by atoms with van der Waals surface area (Å²) in [6.45, 7) is 0.887. The molecule has 3 rings (SSSR count). The van der Waals surface area contributed by atoms with Gasteiger partial charge in [-0.05, 0) is 42.0 Å². The number of hydrogen-bond acceptors (Lipinski definition) is 2. The average molecular weight is 224 g/mol. The molecule has 0 spiro atoms. The first-order valence-electron chi connectivity index (χ1n) is 6.15. The Hall–Kier alpha value is -1.83. The van der Waals surface area contributed by atoms with Crippen LogP contribution in [0.5, 0.6) is 0 Å². The van der Waals surface area contributed by atoms with Crippen molar-refractivity contribution in [2.75, 3.05) is 5.32 Å². The van der Waals surface area contributed by atoms with Gasteiger partial charge in [-0.15, -0.1) is 0 Å². The first kappa shape index (κ1) is 10.3. The van der Waals surface area contributed by atoms with Gasteiger partial charge < -0.3 is 5.32 Å². The summed E-state index contributed by atoms with van der Waals surface area (Å²) in [5.74, 6) is 0.807. The number of anilines is 1. The van der Waals surface area contributed by atoms with Gasteiger partial charge in [-0.1, -0.05) is 24.3 Å². The van der Waals surface area contributed by atoms with Crippen molar-refractivity contribution >= 4 is 5.69 Å². The molecule has 0 atom stereocenters.